The Bertz CT molecular complexity index is 464. The molecule has 1 aromatic rings. The molecule has 17 heavy (non-hydrogen) atoms. The summed E-state index contributed by atoms with van der Waals surface area (Å²) in [4.78, 5) is 12.3. The fourth-order valence-electron chi connectivity index (χ4n) is 2.34. The predicted molar refractivity (Wildman–Crippen MR) is 65.6 cm³/mol. The molecule has 1 N–H and O–H groups in total. The molecule has 0 aliphatic heterocycles. The van der Waals surface area contributed by atoms with Gasteiger partial charge in [-0.1, -0.05) is 6.07 Å². The van der Waals surface area contributed by atoms with Gasteiger partial charge in [-0.25, -0.2) is 9.18 Å². The molecule has 0 heterocycles. The summed E-state index contributed by atoms with van der Waals surface area (Å²) in [5.41, 5.74) is 1.81. The Morgan fingerprint density at radius 2 is 2.29 bits per heavy atom. The molecule has 0 spiro atoms. The molecule has 1 unspecified atom stereocenters. The van der Waals surface area contributed by atoms with Crippen LogP contribution in [0, 0.1) is 5.82 Å². The van der Waals surface area contributed by atoms with Gasteiger partial charge in [0, 0.05) is 7.05 Å². The summed E-state index contributed by atoms with van der Waals surface area (Å²) in [6.45, 7) is 0. The second-order valence-corrected chi connectivity index (χ2v) is 5.02. The normalized spacial score (nSPS) is 18.6. The fraction of sp³-hybridized carbons (Fsp3) is 0.417. The van der Waals surface area contributed by atoms with Crippen LogP contribution in [0.2, 0.25) is 0 Å². The molecule has 92 valence electrons. The van der Waals surface area contributed by atoms with Gasteiger partial charge in [-0.15, -0.1) is 0 Å². The van der Waals surface area contributed by atoms with E-state index in [1.54, 1.807) is 13.1 Å². The van der Waals surface area contributed by atoms with Crippen molar-refractivity contribution in [1.82, 2.24) is 4.90 Å². The van der Waals surface area contributed by atoms with E-state index in [9.17, 15) is 9.18 Å². The largest absolute Gasteiger partial charge is 0.465 e. The van der Waals surface area contributed by atoms with Crippen LogP contribution in [0.25, 0.3) is 0 Å². The summed E-state index contributed by atoms with van der Waals surface area (Å²) in [6, 6.07) is 2.91. The zero-order valence-corrected chi connectivity index (χ0v) is 11.0. The van der Waals surface area contributed by atoms with Crippen molar-refractivity contribution in [2.45, 2.75) is 25.3 Å². The van der Waals surface area contributed by atoms with Gasteiger partial charge in [0.05, 0.1) is 10.5 Å². The van der Waals surface area contributed by atoms with E-state index < -0.39 is 6.09 Å². The number of fused-ring (bicyclic) bond motifs is 1. The molecule has 2 rings (SSSR count). The van der Waals surface area contributed by atoms with Gasteiger partial charge < -0.3 is 10.0 Å². The van der Waals surface area contributed by atoms with E-state index in [2.05, 4.69) is 15.9 Å². The SMILES string of the molecule is CN(C(=O)O)C1CCCc2c1ccc(F)c2Br. The number of carbonyl (C=O) groups is 1. The quantitative estimate of drug-likeness (QED) is 0.861. The molecule has 0 aromatic heterocycles. The first-order valence-electron chi connectivity index (χ1n) is 5.45. The van der Waals surface area contributed by atoms with E-state index in [-0.39, 0.29) is 11.9 Å². The van der Waals surface area contributed by atoms with Gasteiger partial charge >= 0.3 is 6.09 Å². The van der Waals surface area contributed by atoms with E-state index >= 15 is 0 Å². The highest BCUT2D eigenvalue weighted by Gasteiger charge is 2.28. The fourth-order valence-corrected chi connectivity index (χ4v) is 2.90. The minimum absolute atomic E-state index is 0.173. The van der Waals surface area contributed by atoms with Crippen LogP contribution in [0.1, 0.15) is 30.0 Å². The molecule has 5 heteroatoms. The maximum absolute atomic E-state index is 13.4. The third-order valence-electron chi connectivity index (χ3n) is 3.26. The molecular weight excluding hydrogens is 289 g/mol. The number of amides is 1. The molecule has 1 aliphatic carbocycles. The monoisotopic (exact) mass is 301 g/mol. The third kappa shape index (κ3) is 2.16. The maximum Gasteiger partial charge on any atom is 0.407 e. The Balaban J connectivity index is 2.45. The zero-order chi connectivity index (χ0) is 12.6. The predicted octanol–water partition coefficient (Wildman–Crippen LogP) is 3.58. The Morgan fingerprint density at radius 1 is 1.59 bits per heavy atom. The van der Waals surface area contributed by atoms with Crippen LogP contribution >= 0.6 is 15.9 Å². The van der Waals surface area contributed by atoms with E-state index in [0.717, 1.165) is 30.4 Å². The first-order valence-corrected chi connectivity index (χ1v) is 6.24. The Labute approximate surface area is 107 Å². The maximum atomic E-state index is 13.4. The number of carboxylic acid groups (broad SMARTS) is 1. The van der Waals surface area contributed by atoms with Crippen LogP contribution in [0.15, 0.2) is 16.6 Å². The van der Waals surface area contributed by atoms with Crippen LogP contribution in [-0.4, -0.2) is 23.1 Å². The summed E-state index contributed by atoms with van der Waals surface area (Å²) in [5, 5.41) is 9.02. The first kappa shape index (κ1) is 12.4. The van der Waals surface area contributed by atoms with Crippen LogP contribution < -0.4 is 0 Å². The molecule has 0 saturated heterocycles. The lowest BCUT2D eigenvalue weighted by Crippen LogP contribution is -2.32. The van der Waals surface area contributed by atoms with Crippen molar-refractivity contribution in [3.63, 3.8) is 0 Å². The molecule has 1 atom stereocenters. The Morgan fingerprint density at radius 3 is 2.94 bits per heavy atom. The number of hydrogen-bond acceptors (Lipinski definition) is 1. The second-order valence-electron chi connectivity index (χ2n) is 4.23. The van der Waals surface area contributed by atoms with Gasteiger partial charge in [-0.05, 0) is 52.4 Å². The lowest BCUT2D eigenvalue weighted by atomic mass is 9.87. The molecule has 1 aromatic carbocycles. The highest BCUT2D eigenvalue weighted by Crippen LogP contribution is 2.38. The number of rotatable bonds is 1. The molecule has 1 aliphatic rings. The van der Waals surface area contributed by atoms with Crippen molar-refractivity contribution in [2.24, 2.45) is 0 Å². The second kappa shape index (κ2) is 4.64. The molecular formula is C12H13BrFNO2. The van der Waals surface area contributed by atoms with Crippen LogP contribution in [-0.2, 0) is 6.42 Å². The average molecular weight is 302 g/mol. The average Bonchev–Trinajstić information content (AvgIpc) is 2.32. The zero-order valence-electron chi connectivity index (χ0n) is 9.41. The van der Waals surface area contributed by atoms with E-state index in [1.807, 2.05) is 0 Å². The summed E-state index contributed by atoms with van der Waals surface area (Å²) < 4.78 is 13.9. The lowest BCUT2D eigenvalue weighted by Gasteiger charge is -2.32. The summed E-state index contributed by atoms with van der Waals surface area (Å²) >= 11 is 3.24. The van der Waals surface area contributed by atoms with Crippen molar-refractivity contribution >= 4 is 22.0 Å². The van der Waals surface area contributed by atoms with Crippen molar-refractivity contribution in [3.05, 3.63) is 33.5 Å². The van der Waals surface area contributed by atoms with Gasteiger partial charge in [0.25, 0.3) is 0 Å². The number of hydrogen-bond donors (Lipinski definition) is 1. The Hall–Kier alpha value is -1.10. The molecule has 1 amide bonds. The lowest BCUT2D eigenvalue weighted by molar-refractivity contribution is 0.133. The number of benzene rings is 1. The standard InChI is InChI=1S/C12H13BrFNO2/c1-15(12(16)17)10-4-2-3-8-7(10)5-6-9(14)11(8)13/h5-6,10H,2-4H2,1H3,(H,16,17). The topological polar surface area (TPSA) is 40.5 Å². The number of halogens is 2. The minimum Gasteiger partial charge on any atom is -0.465 e. The molecule has 0 bridgehead atoms. The van der Waals surface area contributed by atoms with Crippen molar-refractivity contribution < 1.29 is 14.3 Å². The Kier molecular flexibility index (Phi) is 3.38. The molecule has 0 saturated carbocycles. The van der Waals surface area contributed by atoms with Gasteiger partial charge in [0.2, 0.25) is 0 Å². The van der Waals surface area contributed by atoms with Crippen LogP contribution in [0.5, 0.6) is 0 Å². The number of nitrogens with zero attached hydrogens (tertiary/aromatic N) is 1. The highest BCUT2D eigenvalue weighted by atomic mass is 79.9. The van der Waals surface area contributed by atoms with E-state index in [1.165, 1.54) is 11.0 Å². The van der Waals surface area contributed by atoms with Gasteiger partial charge in [-0.2, -0.15) is 0 Å². The third-order valence-corrected chi connectivity index (χ3v) is 4.12. The van der Waals surface area contributed by atoms with Crippen LogP contribution in [0.4, 0.5) is 9.18 Å². The first-order chi connectivity index (χ1) is 8.02. The summed E-state index contributed by atoms with van der Waals surface area (Å²) in [5.74, 6) is -0.289. The van der Waals surface area contributed by atoms with Gasteiger partial charge in [0.15, 0.2) is 0 Å². The van der Waals surface area contributed by atoms with Crippen molar-refractivity contribution in [3.8, 4) is 0 Å². The van der Waals surface area contributed by atoms with Gasteiger partial charge in [0.1, 0.15) is 5.82 Å². The smallest absolute Gasteiger partial charge is 0.407 e. The van der Waals surface area contributed by atoms with Crippen LogP contribution in [0.3, 0.4) is 0 Å². The van der Waals surface area contributed by atoms with E-state index in [0.29, 0.717) is 4.47 Å². The highest BCUT2D eigenvalue weighted by molar-refractivity contribution is 9.10. The summed E-state index contributed by atoms with van der Waals surface area (Å²) in [7, 11) is 1.55. The van der Waals surface area contributed by atoms with Crippen molar-refractivity contribution in [1.29, 1.82) is 0 Å². The van der Waals surface area contributed by atoms with Gasteiger partial charge in [-0.3, -0.25) is 0 Å². The molecule has 3 nitrogen and oxygen atoms in total. The molecule has 0 fully saturated rings. The minimum atomic E-state index is -0.955. The summed E-state index contributed by atoms with van der Waals surface area (Å²) in [6.07, 6.45) is 1.49. The van der Waals surface area contributed by atoms with E-state index in [4.69, 9.17) is 5.11 Å². The van der Waals surface area contributed by atoms with Crippen molar-refractivity contribution in [2.75, 3.05) is 7.05 Å². The molecule has 0 radical (unpaired) electrons.